The number of carbonyl (C=O) groups is 1. The summed E-state index contributed by atoms with van der Waals surface area (Å²) in [6.07, 6.45) is 5.75. The third-order valence-electron chi connectivity index (χ3n) is 5.59. The van der Waals surface area contributed by atoms with Gasteiger partial charge in [-0.2, -0.15) is 0 Å². The van der Waals surface area contributed by atoms with Crippen LogP contribution in [0.4, 0.5) is 0 Å². The summed E-state index contributed by atoms with van der Waals surface area (Å²) in [4.78, 5) is 19.3. The van der Waals surface area contributed by atoms with Crippen LogP contribution in [0.5, 0.6) is 0 Å². The van der Waals surface area contributed by atoms with Crippen molar-refractivity contribution in [1.29, 1.82) is 0 Å². The van der Waals surface area contributed by atoms with Crippen molar-refractivity contribution in [2.24, 2.45) is 5.92 Å². The molecule has 2 saturated heterocycles. The Labute approximate surface area is 149 Å². The number of ether oxygens (including phenoxy) is 2. The van der Waals surface area contributed by atoms with E-state index in [9.17, 15) is 4.79 Å². The van der Waals surface area contributed by atoms with Gasteiger partial charge in [0, 0.05) is 36.5 Å². The van der Waals surface area contributed by atoms with Gasteiger partial charge in [-0.3, -0.25) is 9.78 Å². The average molecular weight is 344 g/mol. The molecular formula is C20H28N2O3. The van der Waals surface area contributed by atoms with E-state index in [1.54, 1.807) is 0 Å². The van der Waals surface area contributed by atoms with Gasteiger partial charge in [0.2, 0.25) is 0 Å². The molecule has 3 fully saturated rings. The lowest BCUT2D eigenvalue weighted by atomic mass is 9.89. The number of aromatic nitrogens is 1. The molecule has 1 amide bonds. The summed E-state index contributed by atoms with van der Waals surface area (Å²) in [5.41, 5.74) is 2.31. The smallest absolute Gasteiger partial charge is 0.254 e. The maximum atomic E-state index is 13.0. The van der Waals surface area contributed by atoms with Crippen LogP contribution in [0.1, 0.15) is 53.8 Å². The summed E-state index contributed by atoms with van der Waals surface area (Å²) in [6, 6.07) is 3.77. The van der Waals surface area contributed by atoms with Crippen LogP contribution < -0.4 is 0 Å². The highest BCUT2D eigenvalue weighted by molar-refractivity contribution is 5.94. The molecule has 136 valence electrons. The molecule has 2 aliphatic heterocycles. The minimum absolute atomic E-state index is 0.0959. The van der Waals surface area contributed by atoms with Crippen LogP contribution in [-0.2, 0) is 9.47 Å². The molecule has 3 heterocycles. The monoisotopic (exact) mass is 344 g/mol. The third-order valence-corrected chi connectivity index (χ3v) is 5.59. The summed E-state index contributed by atoms with van der Waals surface area (Å²) in [7, 11) is 0. The molecule has 1 spiro atoms. The Hall–Kier alpha value is -1.46. The van der Waals surface area contributed by atoms with Gasteiger partial charge in [-0.25, -0.2) is 0 Å². The van der Waals surface area contributed by atoms with Crippen molar-refractivity contribution in [2.45, 2.75) is 57.7 Å². The predicted octanol–water partition coefficient (Wildman–Crippen LogP) is 2.89. The molecule has 0 N–H and O–H groups in total. The zero-order valence-electron chi connectivity index (χ0n) is 15.3. The van der Waals surface area contributed by atoms with Gasteiger partial charge >= 0.3 is 0 Å². The van der Waals surface area contributed by atoms with Crippen LogP contribution in [-0.4, -0.2) is 53.8 Å². The van der Waals surface area contributed by atoms with Crippen LogP contribution in [0.3, 0.4) is 0 Å². The predicted molar refractivity (Wildman–Crippen MR) is 94.6 cm³/mol. The quantitative estimate of drug-likeness (QED) is 0.843. The summed E-state index contributed by atoms with van der Waals surface area (Å²) in [5, 5.41) is 0. The van der Waals surface area contributed by atoms with Gasteiger partial charge < -0.3 is 14.4 Å². The number of hydrogen-bond acceptors (Lipinski definition) is 4. The zero-order chi connectivity index (χ0) is 17.4. The normalized spacial score (nSPS) is 29.4. The molecule has 1 saturated carbocycles. The standard InChI is InChI=1S/C20H28N2O3/c1-14-8-17(9-15(2)21-14)19(23)22-7-3-6-20(13-22)10-18(12-25-20)24-11-16-4-5-16/h8-9,16,18H,3-7,10-13H2,1-2H3/t18-,20-/m0/s1. The van der Waals surface area contributed by atoms with Gasteiger partial charge in [-0.05, 0) is 57.6 Å². The van der Waals surface area contributed by atoms with Crippen LogP contribution in [0.15, 0.2) is 12.1 Å². The Balaban J connectivity index is 1.41. The summed E-state index contributed by atoms with van der Waals surface area (Å²) < 4.78 is 12.2. The summed E-state index contributed by atoms with van der Waals surface area (Å²) >= 11 is 0. The van der Waals surface area contributed by atoms with Crippen molar-refractivity contribution in [1.82, 2.24) is 9.88 Å². The van der Waals surface area contributed by atoms with E-state index in [1.807, 2.05) is 30.9 Å². The molecular weight excluding hydrogens is 316 g/mol. The highest BCUT2D eigenvalue weighted by Crippen LogP contribution is 2.37. The van der Waals surface area contributed by atoms with Gasteiger partial charge in [0.15, 0.2) is 0 Å². The Bertz CT molecular complexity index is 638. The highest BCUT2D eigenvalue weighted by Gasteiger charge is 2.45. The van der Waals surface area contributed by atoms with E-state index < -0.39 is 0 Å². The van der Waals surface area contributed by atoms with Gasteiger partial charge in [0.05, 0.1) is 24.9 Å². The molecule has 1 aliphatic carbocycles. The molecule has 5 nitrogen and oxygen atoms in total. The lowest BCUT2D eigenvalue weighted by molar-refractivity contribution is -0.0465. The minimum atomic E-state index is -0.209. The SMILES string of the molecule is Cc1cc(C(=O)N2CCC[C@]3(C[C@H](OCC4CC4)CO3)C2)cc(C)n1. The first-order valence-electron chi connectivity index (χ1n) is 9.53. The van der Waals surface area contributed by atoms with Crippen molar-refractivity contribution in [2.75, 3.05) is 26.3 Å². The minimum Gasteiger partial charge on any atom is -0.375 e. The summed E-state index contributed by atoms with van der Waals surface area (Å²) in [6.45, 7) is 6.89. The second-order valence-electron chi connectivity index (χ2n) is 8.07. The topological polar surface area (TPSA) is 51.7 Å². The van der Waals surface area contributed by atoms with Gasteiger partial charge in [-0.1, -0.05) is 0 Å². The van der Waals surface area contributed by atoms with Crippen LogP contribution in [0.2, 0.25) is 0 Å². The van der Waals surface area contributed by atoms with E-state index >= 15 is 0 Å². The molecule has 5 heteroatoms. The number of rotatable bonds is 4. The molecule has 0 aromatic carbocycles. The Kier molecular flexibility index (Phi) is 4.54. The fraction of sp³-hybridized carbons (Fsp3) is 0.700. The average Bonchev–Trinajstić information content (AvgIpc) is 3.34. The van der Waals surface area contributed by atoms with Crippen molar-refractivity contribution >= 4 is 5.91 Å². The van der Waals surface area contributed by atoms with E-state index in [0.29, 0.717) is 13.2 Å². The summed E-state index contributed by atoms with van der Waals surface area (Å²) in [5.74, 6) is 0.873. The largest absolute Gasteiger partial charge is 0.375 e. The first kappa shape index (κ1) is 17.0. The van der Waals surface area contributed by atoms with E-state index in [-0.39, 0.29) is 17.6 Å². The second-order valence-corrected chi connectivity index (χ2v) is 8.07. The molecule has 3 aliphatic rings. The fourth-order valence-electron chi connectivity index (χ4n) is 4.16. The van der Waals surface area contributed by atoms with Crippen molar-refractivity contribution in [3.63, 3.8) is 0 Å². The lowest BCUT2D eigenvalue weighted by Crippen LogP contribution is -2.50. The van der Waals surface area contributed by atoms with E-state index in [1.165, 1.54) is 12.8 Å². The van der Waals surface area contributed by atoms with Gasteiger partial charge in [-0.15, -0.1) is 0 Å². The van der Waals surface area contributed by atoms with Crippen LogP contribution in [0, 0.1) is 19.8 Å². The Morgan fingerprint density at radius 3 is 2.84 bits per heavy atom. The molecule has 0 unspecified atom stereocenters. The number of amides is 1. The molecule has 1 aromatic heterocycles. The van der Waals surface area contributed by atoms with Crippen molar-refractivity contribution in [3.8, 4) is 0 Å². The number of nitrogens with zero attached hydrogens (tertiary/aromatic N) is 2. The zero-order valence-corrected chi connectivity index (χ0v) is 15.3. The molecule has 4 rings (SSSR count). The van der Waals surface area contributed by atoms with Crippen LogP contribution >= 0.6 is 0 Å². The highest BCUT2D eigenvalue weighted by atomic mass is 16.6. The third kappa shape index (κ3) is 3.87. The molecule has 0 radical (unpaired) electrons. The van der Waals surface area contributed by atoms with Gasteiger partial charge in [0.1, 0.15) is 0 Å². The van der Waals surface area contributed by atoms with Crippen LogP contribution in [0.25, 0.3) is 0 Å². The first-order valence-corrected chi connectivity index (χ1v) is 9.53. The number of pyridine rings is 1. The van der Waals surface area contributed by atoms with E-state index in [4.69, 9.17) is 9.47 Å². The fourth-order valence-corrected chi connectivity index (χ4v) is 4.16. The van der Waals surface area contributed by atoms with Crippen molar-refractivity contribution < 1.29 is 14.3 Å². The molecule has 25 heavy (non-hydrogen) atoms. The second kappa shape index (κ2) is 6.69. The molecule has 2 atom stereocenters. The van der Waals surface area contributed by atoms with E-state index in [2.05, 4.69) is 4.98 Å². The number of hydrogen-bond donors (Lipinski definition) is 0. The van der Waals surface area contributed by atoms with E-state index in [0.717, 1.165) is 55.3 Å². The number of carbonyl (C=O) groups excluding carboxylic acids is 1. The first-order chi connectivity index (χ1) is 12.0. The molecule has 0 bridgehead atoms. The number of likely N-dealkylation sites (tertiary alicyclic amines) is 1. The number of piperidine rings is 1. The Morgan fingerprint density at radius 1 is 1.36 bits per heavy atom. The maximum absolute atomic E-state index is 13.0. The Morgan fingerprint density at radius 2 is 2.12 bits per heavy atom. The lowest BCUT2D eigenvalue weighted by Gasteiger charge is -2.39. The van der Waals surface area contributed by atoms with Gasteiger partial charge in [0.25, 0.3) is 5.91 Å². The number of aryl methyl sites for hydroxylation is 2. The molecule has 1 aromatic rings. The van der Waals surface area contributed by atoms with Crippen molar-refractivity contribution in [3.05, 3.63) is 29.1 Å². The maximum Gasteiger partial charge on any atom is 0.254 e.